The molecule has 4 unspecified atom stereocenters. The zero-order valence-corrected chi connectivity index (χ0v) is 29.5. The maximum Gasteiger partial charge on any atom is 0.326 e. The molecule has 0 spiro atoms. The van der Waals surface area contributed by atoms with E-state index in [4.69, 9.17) is 0 Å². The van der Waals surface area contributed by atoms with Gasteiger partial charge in [0.1, 0.15) is 24.2 Å². The SMILES string of the molecule is Cc1ccccc1NC(=O)Nc1ccc(CC(=O)NC(CC(C)C)C(=O)NC(CC(=O)O)C(=O)NC(C(=O)N2CCCC2C(=O)O)C(C)C)cc1. The molecule has 51 heavy (non-hydrogen) atoms. The molecule has 6 amide bonds. The maximum absolute atomic E-state index is 13.5. The second-order valence-corrected chi connectivity index (χ2v) is 13.4. The van der Waals surface area contributed by atoms with Crippen LogP contribution in [0.3, 0.4) is 0 Å². The first-order chi connectivity index (χ1) is 24.0. The third-order valence-corrected chi connectivity index (χ3v) is 8.39. The minimum absolute atomic E-state index is 0.0745. The Bertz CT molecular complexity index is 1590. The van der Waals surface area contributed by atoms with Gasteiger partial charge in [-0.1, -0.05) is 58.0 Å². The monoisotopic (exact) mass is 708 g/mol. The van der Waals surface area contributed by atoms with E-state index in [9.17, 15) is 43.8 Å². The minimum Gasteiger partial charge on any atom is -0.481 e. The molecular weight excluding hydrogens is 660 g/mol. The van der Waals surface area contributed by atoms with Crippen molar-refractivity contribution in [1.29, 1.82) is 0 Å². The molecule has 3 rings (SSSR count). The van der Waals surface area contributed by atoms with Gasteiger partial charge in [-0.05, 0) is 67.3 Å². The molecule has 1 aliphatic heterocycles. The zero-order valence-electron chi connectivity index (χ0n) is 29.5. The fourth-order valence-corrected chi connectivity index (χ4v) is 5.73. The molecule has 7 N–H and O–H groups in total. The molecule has 0 bridgehead atoms. The van der Waals surface area contributed by atoms with Crippen molar-refractivity contribution in [2.75, 3.05) is 17.2 Å². The number of hydrogen-bond acceptors (Lipinski definition) is 7. The third-order valence-electron chi connectivity index (χ3n) is 8.39. The Kier molecular flexibility index (Phi) is 14.5. The van der Waals surface area contributed by atoms with Gasteiger partial charge in [0.05, 0.1) is 12.8 Å². The summed E-state index contributed by atoms with van der Waals surface area (Å²) in [7, 11) is 0. The van der Waals surface area contributed by atoms with E-state index in [2.05, 4.69) is 26.6 Å². The quantitative estimate of drug-likeness (QED) is 0.136. The number of rotatable bonds is 16. The summed E-state index contributed by atoms with van der Waals surface area (Å²) in [5, 5.41) is 32.2. The van der Waals surface area contributed by atoms with Crippen LogP contribution in [0.1, 0.15) is 64.5 Å². The van der Waals surface area contributed by atoms with Gasteiger partial charge in [0.15, 0.2) is 0 Å². The lowest BCUT2D eigenvalue weighted by Crippen LogP contribution is -2.59. The predicted molar refractivity (Wildman–Crippen MR) is 189 cm³/mol. The Hall–Kier alpha value is -5.47. The van der Waals surface area contributed by atoms with Gasteiger partial charge in [-0.3, -0.25) is 24.0 Å². The number of nitrogens with one attached hydrogen (secondary N) is 5. The topological polar surface area (TPSA) is 223 Å². The van der Waals surface area contributed by atoms with Crippen LogP contribution in [-0.2, 0) is 35.2 Å². The van der Waals surface area contributed by atoms with Gasteiger partial charge in [-0.15, -0.1) is 0 Å². The molecule has 15 nitrogen and oxygen atoms in total. The number of para-hydroxylation sites is 1. The second kappa shape index (κ2) is 18.5. The molecule has 2 aromatic rings. The van der Waals surface area contributed by atoms with Crippen molar-refractivity contribution in [3.63, 3.8) is 0 Å². The summed E-state index contributed by atoms with van der Waals surface area (Å²) < 4.78 is 0. The fraction of sp³-hybridized carbons (Fsp3) is 0.472. The lowest BCUT2D eigenvalue weighted by atomic mass is 10.00. The smallest absolute Gasteiger partial charge is 0.326 e. The summed E-state index contributed by atoms with van der Waals surface area (Å²) >= 11 is 0. The number of amides is 6. The molecule has 4 atom stereocenters. The molecule has 1 aliphatic rings. The van der Waals surface area contributed by atoms with Crippen LogP contribution in [-0.4, -0.2) is 87.4 Å². The van der Waals surface area contributed by atoms with E-state index in [1.807, 2.05) is 39.0 Å². The number of likely N-dealkylation sites (tertiary alicyclic amines) is 1. The van der Waals surface area contributed by atoms with Crippen LogP contribution < -0.4 is 26.6 Å². The van der Waals surface area contributed by atoms with E-state index in [0.29, 0.717) is 23.4 Å². The number of carbonyl (C=O) groups is 7. The largest absolute Gasteiger partial charge is 0.481 e. The van der Waals surface area contributed by atoms with E-state index >= 15 is 0 Å². The number of hydrogen-bond donors (Lipinski definition) is 7. The van der Waals surface area contributed by atoms with Gasteiger partial charge in [-0.25, -0.2) is 9.59 Å². The average Bonchev–Trinajstić information content (AvgIpc) is 3.55. The summed E-state index contributed by atoms with van der Waals surface area (Å²) in [6.45, 7) is 9.04. The number of carboxylic acids is 2. The molecule has 1 heterocycles. The fourth-order valence-electron chi connectivity index (χ4n) is 5.73. The molecule has 0 aliphatic carbocycles. The molecule has 15 heteroatoms. The Morgan fingerprint density at radius 3 is 2.06 bits per heavy atom. The van der Waals surface area contributed by atoms with E-state index in [-0.39, 0.29) is 31.7 Å². The van der Waals surface area contributed by atoms with E-state index in [1.54, 1.807) is 44.2 Å². The molecule has 2 aromatic carbocycles. The van der Waals surface area contributed by atoms with Crippen molar-refractivity contribution in [2.45, 2.75) is 90.9 Å². The average molecular weight is 709 g/mol. The molecule has 0 aromatic heterocycles. The number of carboxylic acid groups (broad SMARTS) is 2. The molecule has 1 fully saturated rings. The van der Waals surface area contributed by atoms with Gasteiger partial charge in [0, 0.05) is 17.9 Å². The van der Waals surface area contributed by atoms with Crippen LogP contribution in [0.25, 0.3) is 0 Å². The van der Waals surface area contributed by atoms with Crippen LogP contribution >= 0.6 is 0 Å². The van der Waals surface area contributed by atoms with E-state index in [1.165, 1.54) is 4.90 Å². The Balaban J connectivity index is 1.65. The van der Waals surface area contributed by atoms with Crippen molar-refractivity contribution in [2.24, 2.45) is 11.8 Å². The highest BCUT2D eigenvalue weighted by Crippen LogP contribution is 2.21. The molecule has 1 saturated heterocycles. The van der Waals surface area contributed by atoms with Gasteiger partial charge in [-0.2, -0.15) is 0 Å². The molecular formula is C36H48N6O9. The number of anilines is 2. The maximum atomic E-state index is 13.5. The van der Waals surface area contributed by atoms with Crippen LogP contribution in [0.2, 0.25) is 0 Å². The van der Waals surface area contributed by atoms with Gasteiger partial charge in [0.25, 0.3) is 0 Å². The first kappa shape index (κ1) is 40.0. The highest BCUT2D eigenvalue weighted by Gasteiger charge is 2.40. The number of benzene rings is 2. The van der Waals surface area contributed by atoms with Crippen molar-refractivity contribution < 1.29 is 43.8 Å². The number of aliphatic carboxylic acids is 2. The summed E-state index contributed by atoms with van der Waals surface area (Å²) in [6.07, 6.45) is 0.0256. The molecule has 0 saturated carbocycles. The summed E-state index contributed by atoms with van der Waals surface area (Å²) in [4.78, 5) is 90.2. The molecule has 0 radical (unpaired) electrons. The summed E-state index contributed by atoms with van der Waals surface area (Å²) in [5.74, 6) is -5.92. The summed E-state index contributed by atoms with van der Waals surface area (Å²) in [5.41, 5.74) is 2.66. The number of urea groups is 1. The van der Waals surface area contributed by atoms with E-state index in [0.717, 1.165) is 5.56 Å². The molecule has 276 valence electrons. The predicted octanol–water partition coefficient (Wildman–Crippen LogP) is 2.89. The van der Waals surface area contributed by atoms with Crippen molar-refractivity contribution in [3.05, 3.63) is 59.7 Å². The third kappa shape index (κ3) is 12.1. The van der Waals surface area contributed by atoms with Crippen LogP contribution in [0.4, 0.5) is 16.2 Å². The van der Waals surface area contributed by atoms with Gasteiger partial charge >= 0.3 is 18.0 Å². The summed E-state index contributed by atoms with van der Waals surface area (Å²) in [6, 6.07) is 8.57. The Morgan fingerprint density at radius 2 is 1.47 bits per heavy atom. The second-order valence-electron chi connectivity index (χ2n) is 13.4. The minimum atomic E-state index is -1.59. The number of aryl methyl sites for hydroxylation is 1. The lowest BCUT2D eigenvalue weighted by Gasteiger charge is -2.30. The van der Waals surface area contributed by atoms with Crippen molar-refractivity contribution in [3.8, 4) is 0 Å². The first-order valence-electron chi connectivity index (χ1n) is 16.9. The van der Waals surface area contributed by atoms with Crippen molar-refractivity contribution in [1.82, 2.24) is 20.9 Å². The van der Waals surface area contributed by atoms with Crippen LogP contribution in [0, 0.1) is 18.8 Å². The van der Waals surface area contributed by atoms with Crippen LogP contribution in [0.15, 0.2) is 48.5 Å². The highest BCUT2D eigenvalue weighted by molar-refractivity contribution is 6.00. The van der Waals surface area contributed by atoms with E-state index < -0.39 is 78.1 Å². The number of nitrogens with zero attached hydrogens (tertiary/aromatic N) is 1. The lowest BCUT2D eigenvalue weighted by molar-refractivity contribution is -0.150. The Labute approximate surface area is 296 Å². The first-order valence-corrected chi connectivity index (χ1v) is 16.9. The van der Waals surface area contributed by atoms with Crippen molar-refractivity contribution >= 4 is 53.0 Å². The normalized spacial score (nSPS) is 15.7. The standard InChI is InChI=1S/C36H48N6O9/c1-20(2)17-26(38-29(43)18-23-12-14-24(15-13-23)37-36(51)40-25-10-7-6-9-22(25)5)32(46)39-27(19-30(44)45)33(47)41-31(21(3)4)34(48)42-16-8-11-28(42)35(49)50/h6-7,9-10,12-15,20-21,26-28,31H,8,11,16-19H2,1-5H3,(H,38,43)(H,39,46)(H,41,47)(H,44,45)(H,49,50)(H2,37,40,51). The Morgan fingerprint density at radius 1 is 0.824 bits per heavy atom. The highest BCUT2D eigenvalue weighted by atomic mass is 16.4. The zero-order chi connectivity index (χ0) is 37.8. The van der Waals surface area contributed by atoms with Crippen LogP contribution in [0.5, 0.6) is 0 Å². The van der Waals surface area contributed by atoms with Gasteiger partial charge in [0.2, 0.25) is 23.6 Å². The number of carbonyl (C=O) groups excluding carboxylic acids is 5. The van der Waals surface area contributed by atoms with Gasteiger partial charge < -0.3 is 41.7 Å².